The molecule has 9 N–H and O–H groups in total. The average Bonchev–Trinajstić information content (AvgIpc) is 2.59. The van der Waals surface area contributed by atoms with Crippen molar-refractivity contribution < 1.29 is 40.2 Å². The van der Waals surface area contributed by atoms with E-state index in [1.54, 1.807) is 6.92 Å². The van der Waals surface area contributed by atoms with Crippen LogP contribution in [0.5, 0.6) is 0 Å². The van der Waals surface area contributed by atoms with Crippen LogP contribution in [0.25, 0.3) is 0 Å². The summed E-state index contributed by atoms with van der Waals surface area (Å²) in [4.78, 5) is 21.4. The van der Waals surface area contributed by atoms with Gasteiger partial charge in [0.2, 0.25) is 0 Å². The molecule has 0 amide bonds. The topological polar surface area (TPSA) is 192 Å². The summed E-state index contributed by atoms with van der Waals surface area (Å²) in [5, 5.41) is 66.1. The molecule has 11 heteroatoms. The fourth-order valence-electron chi connectivity index (χ4n) is 3.38. The number of aliphatic carboxylic acids is 2. The molecule has 0 bridgehead atoms. The van der Waals surface area contributed by atoms with Crippen LogP contribution in [0.15, 0.2) is 0 Å². The zero-order valence-electron chi connectivity index (χ0n) is 15.3. The quantitative estimate of drug-likeness (QED) is 0.160. The maximum absolute atomic E-state index is 10.7. The zero-order valence-corrected chi connectivity index (χ0v) is 15.3. The lowest BCUT2D eigenvalue weighted by molar-refractivity contribution is -0.137. The number of hydrogen-bond donors (Lipinski definition) is 9. The van der Waals surface area contributed by atoms with E-state index >= 15 is 0 Å². The van der Waals surface area contributed by atoms with Gasteiger partial charge in [-0.1, -0.05) is 6.92 Å². The molecule has 0 saturated heterocycles. The van der Waals surface area contributed by atoms with Gasteiger partial charge in [-0.2, -0.15) is 0 Å². The number of aliphatic hydroxyl groups is 4. The Morgan fingerprint density at radius 3 is 1.78 bits per heavy atom. The van der Waals surface area contributed by atoms with Gasteiger partial charge in [0.1, 0.15) is 0 Å². The highest BCUT2D eigenvalue weighted by Gasteiger charge is 2.47. The SMILES string of the molecule is C[C@H]1[C@@H](NCC(O)CO)[C@@H](O)[C@@H](NCCC(=O)O)[C@@H](O)[C@H]1NCCC(=O)O. The highest BCUT2D eigenvalue weighted by Crippen LogP contribution is 2.26. The smallest absolute Gasteiger partial charge is 0.304 e. The van der Waals surface area contributed by atoms with Crippen LogP contribution in [0, 0.1) is 5.92 Å². The van der Waals surface area contributed by atoms with Crippen molar-refractivity contribution in [3.8, 4) is 0 Å². The summed E-state index contributed by atoms with van der Waals surface area (Å²) in [5.74, 6) is -2.35. The van der Waals surface area contributed by atoms with E-state index in [1.807, 2.05) is 0 Å². The van der Waals surface area contributed by atoms with Gasteiger partial charge in [-0.3, -0.25) is 9.59 Å². The summed E-state index contributed by atoms with van der Waals surface area (Å²) in [6.45, 7) is 1.48. The molecule has 0 radical (unpaired) electrons. The largest absolute Gasteiger partial charge is 0.481 e. The molecule has 0 aromatic heterocycles. The van der Waals surface area contributed by atoms with Gasteiger partial charge < -0.3 is 46.6 Å². The van der Waals surface area contributed by atoms with E-state index in [0.717, 1.165) is 0 Å². The Morgan fingerprint density at radius 1 is 0.889 bits per heavy atom. The Balaban J connectivity index is 2.86. The number of nitrogens with one attached hydrogen (secondary N) is 3. The second-order valence-corrected chi connectivity index (χ2v) is 6.86. The Kier molecular flexibility index (Phi) is 10.1. The molecule has 0 spiro atoms. The van der Waals surface area contributed by atoms with Crippen LogP contribution in [-0.4, -0.2) is 105 Å². The second-order valence-electron chi connectivity index (χ2n) is 6.86. The molecular weight excluding hydrogens is 362 g/mol. The third kappa shape index (κ3) is 7.30. The number of hydrogen-bond acceptors (Lipinski definition) is 9. The maximum atomic E-state index is 10.7. The maximum Gasteiger partial charge on any atom is 0.304 e. The second kappa shape index (κ2) is 11.5. The number of aliphatic hydroxyl groups excluding tert-OH is 4. The minimum absolute atomic E-state index is 0.0162. The van der Waals surface area contributed by atoms with Crippen molar-refractivity contribution in [2.45, 2.75) is 56.2 Å². The van der Waals surface area contributed by atoms with Crippen molar-refractivity contribution in [3.05, 3.63) is 0 Å². The molecule has 1 aliphatic rings. The molecule has 7 atom stereocenters. The molecule has 1 rings (SSSR count). The molecule has 0 heterocycles. The highest BCUT2D eigenvalue weighted by atomic mass is 16.4. The van der Waals surface area contributed by atoms with E-state index in [9.17, 15) is 24.9 Å². The Morgan fingerprint density at radius 2 is 1.33 bits per heavy atom. The predicted molar refractivity (Wildman–Crippen MR) is 94.1 cm³/mol. The van der Waals surface area contributed by atoms with Gasteiger partial charge in [-0.05, 0) is 5.92 Å². The molecule has 0 aromatic carbocycles. The summed E-state index contributed by atoms with van der Waals surface area (Å²) in [6, 6.07) is -2.01. The van der Waals surface area contributed by atoms with Crippen LogP contribution < -0.4 is 16.0 Å². The molecular formula is C16H31N3O8. The standard InChI is InChI=1S/C16H31N3O8/c1-8-12(17-4-2-10(22)23)15(26)14(18-5-3-11(24)25)16(27)13(8)19-6-9(21)7-20/h8-9,12-21,26-27H,2-7H2,1H3,(H,22,23)(H,24,25)/t8-,9?,12+,13-,14+,15+,16-/m1/s1. The summed E-state index contributed by atoms with van der Waals surface area (Å²) in [7, 11) is 0. The summed E-state index contributed by atoms with van der Waals surface area (Å²) in [5.41, 5.74) is 0. The van der Waals surface area contributed by atoms with Crippen molar-refractivity contribution in [2.75, 3.05) is 26.2 Å². The van der Waals surface area contributed by atoms with Crippen LogP contribution in [0.1, 0.15) is 19.8 Å². The van der Waals surface area contributed by atoms with Crippen molar-refractivity contribution >= 4 is 11.9 Å². The van der Waals surface area contributed by atoms with E-state index in [-0.39, 0.29) is 38.4 Å². The van der Waals surface area contributed by atoms with E-state index in [2.05, 4.69) is 16.0 Å². The van der Waals surface area contributed by atoms with Crippen LogP contribution in [0.2, 0.25) is 0 Å². The Hall–Kier alpha value is -1.34. The number of rotatable bonds is 12. The van der Waals surface area contributed by atoms with Gasteiger partial charge in [0.15, 0.2) is 0 Å². The number of carbonyl (C=O) groups is 2. The van der Waals surface area contributed by atoms with Gasteiger partial charge in [0, 0.05) is 31.7 Å². The van der Waals surface area contributed by atoms with E-state index in [4.69, 9.17) is 15.3 Å². The van der Waals surface area contributed by atoms with E-state index < -0.39 is 55.0 Å². The molecule has 0 aromatic rings. The fraction of sp³-hybridized carbons (Fsp3) is 0.875. The normalized spacial score (nSPS) is 32.2. The van der Waals surface area contributed by atoms with Crippen LogP contribution in [-0.2, 0) is 9.59 Å². The van der Waals surface area contributed by atoms with Crippen LogP contribution >= 0.6 is 0 Å². The Labute approximate surface area is 157 Å². The Bertz CT molecular complexity index is 447. The third-order valence-corrected chi connectivity index (χ3v) is 4.84. The van der Waals surface area contributed by atoms with Gasteiger partial charge in [0.25, 0.3) is 0 Å². The minimum atomic E-state index is -1.09. The van der Waals surface area contributed by atoms with Gasteiger partial charge >= 0.3 is 11.9 Å². The molecule has 0 aliphatic heterocycles. The molecule has 1 saturated carbocycles. The molecule has 11 nitrogen and oxygen atoms in total. The van der Waals surface area contributed by atoms with Gasteiger partial charge in [-0.25, -0.2) is 0 Å². The van der Waals surface area contributed by atoms with Crippen LogP contribution in [0.3, 0.4) is 0 Å². The van der Waals surface area contributed by atoms with Crippen molar-refractivity contribution in [2.24, 2.45) is 5.92 Å². The van der Waals surface area contributed by atoms with E-state index in [0.29, 0.717) is 0 Å². The lowest BCUT2D eigenvalue weighted by Crippen LogP contribution is -2.71. The highest BCUT2D eigenvalue weighted by molar-refractivity contribution is 5.67. The summed E-state index contributed by atoms with van der Waals surface area (Å²) >= 11 is 0. The molecule has 1 fully saturated rings. The first-order valence-electron chi connectivity index (χ1n) is 8.97. The number of carboxylic acid groups (broad SMARTS) is 2. The van der Waals surface area contributed by atoms with Crippen molar-refractivity contribution in [1.82, 2.24) is 16.0 Å². The lowest BCUT2D eigenvalue weighted by atomic mass is 9.74. The molecule has 1 unspecified atom stereocenters. The number of carboxylic acids is 2. The lowest BCUT2D eigenvalue weighted by Gasteiger charge is -2.48. The minimum Gasteiger partial charge on any atom is -0.481 e. The summed E-state index contributed by atoms with van der Waals surface area (Å²) in [6.07, 6.45) is -3.53. The van der Waals surface area contributed by atoms with Gasteiger partial charge in [0.05, 0.1) is 43.8 Å². The van der Waals surface area contributed by atoms with Crippen LogP contribution in [0.4, 0.5) is 0 Å². The first-order chi connectivity index (χ1) is 12.7. The fourth-order valence-corrected chi connectivity index (χ4v) is 3.38. The van der Waals surface area contributed by atoms with Gasteiger partial charge in [-0.15, -0.1) is 0 Å². The van der Waals surface area contributed by atoms with E-state index in [1.165, 1.54) is 0 Å². The molecule has 27 heavy (non-hydrogen) atoms. The first kappa shape index (κ1) is 23.7. The first-order valence-corrected chi connectivity index (χ1v) is 8.97. The van der Waals surface area contributed by atoms with Crippen molar-refractivity contribution in [3.63, 3.8) is 0 Å². The van der Waals surface area contributed by atoms with Crippen molar-refractivity contribution in [1.29, 1.82) is 0 Å². The third-order valence-electron chi connectivity index (χ3n) is 4.84. The zero-order chi connectivity index (χ0) is 20.6. The summed E-state index contributed by atoms with van der Waals surface area (Å²) < 4.78 is 0. The monoisotopic (exact) mass is 393 g/mol. The average molecular weight is 393 g/mol. The predicted octanol–water partition coefficient (Wildman–Crippen LogP) is -3.46. The molecule has 158 valence electrons. The molecule has 1 aliphatic carbocycles.